The maximum atomic E-state index is 13.0. The number of nitrogens with one attached hydrogen (secondary N) is 4. The summed E-state index contributed by atoms with van der Waals surface area (Å²) in [6.45, 7) is 14.3. The van der Waals surface area contributed by atoms with Crippen molar-refractivity contribution < 1.29 is 28.7 Å². The van der Waals surface area contributed by atoms with Crippen LogP contribution in [0.4, 0.5) is 9.59 Å². The first-order valence-electron chi connectivity index (χ1n) is 20.3. The number of aromatic amines is 2. The lowest BCUT2D eigenvalue weighted by molar-refractivity contribution is -0.121. The molecule has 4 N–H and O–H groups in total. The zero-order valence-electron chi connectivity index (χ0n) is 34.4. The van der Waals surface area contributed by atoms with Crippen LogP contribution in [-0.4, -0.2) is 94.2 Å². The summed E-state index contributed by atoms with van der Waals surface area (Å²) < 4.78 is 11.4. The standard InChI is InChI=1S/C44H64N6O6/c1-43(2,3)55-41(53)49(27-17-23-45-39(51)29-33-31-47-37-21-13-11-19-35(33)37)25-15-9-7-8-10-16-26-50(42(54)56-44(4,5)6)28-18-24-46-40(52)30-34-32-48-38-22-14-12-20-36(34)38/h11-14,19-22,31-32,47-48H,7-10,15-18,23-30H2,1-6H3,(H,45,51)(H,46,52). The van der Waals surface area contributed by atoms with Gasteiger partial charge in [-0.25, -0.2) is 9.59 Å². The van der Waals surface area contributed by atoms with Gasteiger partial charge in [-0.1, -0.05) is 62.1 Å². The van der Waals surface area contributed by atoms with E-state index in [1.165, 1.54) is 0 Å². The molecule has 12 nitrogen and oxygen atoms in total. The van der Waals surface area contributed by atoms with Crippen molar-refractivity contribution in [3.63, 3.8) is 0 Å². The van der Waals surface area contributed by atoms with Gasteiger partial charge in [0.05, 0.1) is 12.8 Å². The molecular weight excluding hydrogens is 709 g/mol. The second kappa shape index (κ2) is 21.3. The van der Waals surface area contributed by atoms with E-state index in [-0.39, 0.29) is 24.0 Å². The van der Waals surface area contributed by atoms with E-state index >= 15 is 0 Å². The molecule has 12 heteroatoms. The fraction of sp³-hybridized carbons (Fsp3) is 0.545. The number of H-pyrrole nitrogens is 2. The Bertz CT molecular complexity index is 1720. The Morgan fingerprint density at radius 2 is 0.893 bits per heavy atom. The van der Waals surface area contributed by atoms with E-state index in [1.807, 2.05) is 102 Å². The largest absolute Gasteiger partial charge is 0.444 e. The summed E-state index contributed by atoms with van der Waals surface area (Å²) in [5, 5.41) is 8.10. The first kappa shape index (κ1) is 43.7. The highest BCUT2D eigenvalue weighted by Gasteiger charge is 2.23. The van der Waals surface area contributed by atoms with Gasteiger partial charge in [-0.3, -0.25) is 9.59 Å². The molecule has 2 heterocycles. The van der Waals surface area contributed by atoms with Gasteiger partial charge < -0.3 is 39.9 Å². The molecule has 0 atom stereocenters. The van der Waals surface area contributed by atoms with Gasteiger partial charge in [-0.15, -0.1) is 0 Å². The molecular formula is C44H64N6O6. The van der Waals surface area contributed by atoms with E-state index in [4.69, 9.17) is 9.47 Å². The first-order valence-corrected chi connectivity index (χ1v) is 20.3. The van der Waals surface area contributed by atoms with Crippen molar-refractivity contribution in [2.45, 2.75) is 117 Å². The molecule has 0 spiro atoms. The average Bonchev–Trinajstić information content (AvgIpc) is 3.73. The molecule has 0 saturated heterocycles. The molecule has 56 heavy (non-hydrogen) atoms. The maximum Gasteiger partial charge on any atom is 0.410 e. The maximum absolute atomic E-state index is 13.0. The Kier molecular flexibility index (Phi) is 16.7. The second-order valence-corrected chi connectivity index (χ2v) is 16.5. The van der Waals surface area contributed by atoms with Gasteiger partial charge in [0.2, 0.25) is 11.8 Å². The van der Waals surface area contributed by atoms with Crippen LogP contribution in [-0.2, 0) is 31.9 Å². The van der Waals surface area contributed by atoms with Crippen molar-refractivity contribution in [3.05, 3.63) is 72.1 Å². The number of carbonyl (C=O) groups excluding carboxylic acids is 4. The minimum atomic E-state index is -0.595. The molecule has 306 valence electrons. The Labute approximate surface area is 332 Å². The highest BCUT2D eigenvalue weighted by Crippen LogP contribution is 2.20. The van der Waals surface area contributed by atoms with Crippen molar-refractivity contribution in [2.24, 2.45) is 0 Å². The number of benzene rings is 2. The summed E-state index contributed by atoms with van der Waals surface area (Å²) in [7, 11) is 0. The summed E-state index contributed by atoms with van der Waals surface area (Å²) in [5.74, 6) is -0.0936. The number of ether oxygens (including phenoxy) is 2. The highest BCUT2D eigenvalue weighted by atomic mass is 16.6. The van der Waals surface area contributed by atoms with Gasteiger partial charge >= 0.3 is 12.2 Å². The van der Waals surface area contributed by atoms with Crippen LogP contribution in [0, 0.1) is 0 Å². The van der Waals surface area contributed by atoms with E-state index in [1.54, 1.807) is 9.80 Å². The summed E-state index contributed by atoms with van der Waals surface area (Å²) in [6.07, 6.45) is 10.6. The summed E-state index contributed by atoms with van der Waals surface area (Å²) in [6, 6.07) is 15.9. The number of nitrogens with zero attached hydrogens (tertiary/aromatic N) is 2. The number of para-hydroxylation sites is 2. The van der Waals surface area contributed by atoms with Crippen LogP contribution in [0.5, 0.6) is 0 Å². The normalized spacial score (nSPS) is 11.8. The van der Waals surface area contributed by atoms with E-state index < -0.39 is 11.2 Å². The zero-order chi connectivity index (χ0) is 40.6. The van der Waals surface area contributed by atoms with Crippen LogP contribution in [0.3, 0.4) is 0 Å². The molecule has 4 aromatic rings. The van der Waals surface area contributed by atoms with Crippen LogP contribution in [0.15, 0.2) is 60.9 Å². The smallest absolute Gasteiger partial charge is 0.410 e. The lowest BCUT2D eigenvalue weighted by Gasteiger charge is -2.28. The predicted molar refractivity (Wildman–Crippen MR) is 223 cm³/mol. The van der Waals surface area contributed by atoms with Crippen LogP contribution >= 0.6 is 0 Å². The van der Waals surface area contributed by atoms with Crippen LogP contribution in [0.25, 0.3) is 21.8 Å². The van der Waals surface area contributed by atoms with Gasteiger partial charge in [0.15, 0.2) is 0 Å². The van der Waals surface area contributed by atoms with Gasteiger partial charge in [-0.05, 0) is 90.5 Å². The minimum Gasteiger partial charge on any atom is -0.444 e. The fourth-order valence-corrected chi connectivity index (χ4v) is 6.58. The van der Waals surface area contributed by atoms with Crippen molar-refractivity contribution in [1.82, 2.24) is 30.4 Å². The van der Waals surface area contributed by atoms with E-state index in [0.717, 1.165) is 71.5 Å². The molecule has 0 aliphatic rings. The van der Waals surface area contributed by atoms with Gasteiger partial charge in [0, 0.05) is 73.5 Å². The second-order valence-electron chi connectivity index (χ2n) is 16.5. The van der Waals surface area contributed by atoms with Gasteiger partial charge in [-0.2, -0.15) is 0 Å². The summed E-state index contributed by atoms with van der Waals surface area (Å²) in [4.78, 5) is 61.3. The molecule has 0 saturated carbocycles. The van der Waals surface area contributed by atoms with Crippen molar-refractivity contribution in [2.75, 3.05) is 39.3 Å². The van der Waals surface area contributed by atoms with E-state index in [9.17, 15) is 19.2 Å². The molecule has 4 rings (SSSR count). The lowest BCUT2D eigenvalue weighted by Crippen LogP contribution is -2.39. The summed E-state index contributed by atoms with van der Waals surface area (Å²) in [5.41, 5.74) is 2.76. The van der Waals surface area contributed by atoms with Crippen LogP contribution in [0.1, 0.15) is 104 Å². The fourth-order valence-electron chi connectivity index (χ4n) is 6.58. The van der Waals surface area contributed by atoms with Crippen LogP contribution < -0.4 is 10.6 Å². The van der Waals surface area contributed by atoms with Crippen molar-refractivity contribution >= 4 is 45.8 Å². The Balaban J connectivity index is 1.13. The number of hydrogen-bond acceptors (Lipinski definition) is 6. The topological polar surface area (TPSA) is 149 Å². The molecule has 2 aromatic heterocycles. The lowest BCUT2D eigenvalue weighted by atomic mass is 10.1. The predicted octanol–water partition coefficient (Wildman–Crippen LogP) is 8.26. The molecule has 4 amide bonds. The third-order valence-corrected chi connectivity index (χ3v) is 9.32. The van der Waals surface area contributed by atoms with Crippen molar-refractivity contribution in [1.29, 1.82) is 0 Å². The molecule has 0 unspecified atom stereocenters. The molecule has 0 aliphatic heterocycles. The number of amides is 4. The van der Waals surface area contributed by atoms with E-state index in [0.29, 0.717) is 65.0 Å². The van der Waals surface area contributed by atoms with Crippen molar-refractivity contribution in [3.8, 4) is 0 Å². The molecule has 0 aliphatic carbocycles. The Morgan fingerprint density at radius 1 is 0.536 bits per heavy atom. The number of unbranched alkanes of at least 4 members (excludes halogenated alkanes) is 5. The third kappa shape index (κ3) is 15.3. The number of carbonyl (C=O) groups is 4. The number of hydrogen-bond donors (Lipinski definition) is 4. The average molecular weight is 773 g/mol. The third-order valence-electron chi connectivity index (χ3n) is 9.32. The SMILES string of the molecule is CC(C)(C)OC(=O)N(CCCCCCCCN(CCCNC(=O)Cc1c[nH]c2ccccc12)C(=O)OC(C)(C)C)CCCNC(=O)Cc1c[nH]c2ccccc12. The van der Waals surface area contributed by atoms with Crippen LogP contribution in [0.2, 0.25) is 0 Å². The number of fused-ring (bicyclic) bond motifs is 2. The Hall–Kier alpha value is -5.00. The molecule has 0 fully saturated rings. The molecule has 2 aromatic carbocycles. The number of rotatable bonds is 21. The summed E-state index contributed by atoms with van der Waals surface area (Å²) >= 11 is 0. The minimum absolute atomic E-state index is 0.0468. The highest BCUT2D eigenvalue weighted by molar-refractivity contribution is 5.89. The molecule has 0 radical (unpaired) electrons. The quantitative estimate of drug-likeness (QED) is 0.0627. The molecule has 0 bridgehead atoms. The first-order chi connectivity index (χ1) is 26.7. The van der Waals surface area contributed by atoms with E-state index in [2.05, 4.69) is 20.6 Å². The Morgan fingerprint density at radius 3 is 1.29 bits per heavy atom. The van der Waals surface area contributed by atoms with Gasteiger partial charge in [0.1, 0.15) is 11.2 Å². The zero-order valence-corrected chi connectivity index (χ0v) is 34.4. The monoisotopic (exact) mass is 772 g/mol. The van der Waals surface area contributed by atoms with Gasteiger partial charge in [0.25, 0.3) is 0 Å². The number of aromatic nitrogens is 2.